The average Bonchev–Trinajstić information content (AvgIpc) is 3.26. The molecule has 0 unspecified atom stereocenters. The molecule has 34 heavy (non-hydrogen) atoms. The Morgan fingerprint density at radius 2 is 1.12 bits per heavy atom. The van der Waals surface area contributed by atoms with Gasteiger partial charge in [-0.3, -0.25) is 0 Å². The molecule has 0 aliphatic rings. The first kappa shape index (κ1) is 25.9. The van der Waals surface area contributed by atoms with E-state index in [9.17, 15) is 5.11 Å². The molecule has 1 heterocycles. The van der Waals surface area contributed by atoms with E-state index in [0.717, 1.165) is 24.2 Å². The monoisotopic (exact) mass is 462 g/mol. The van der Waals surface area contributed by atoms with Crippen molar-refractivity contribution in [2.75, 3.05) is 0 Å². The SMILES string of the molecule is CCCCCCCCc1ccc(-n2nc([O-])[n+](-c3ccc(CCCCCCCC)cc3)n2)cc1. The van der Waals surface area contributed by atoms with Crippen LogP contribution in [0.4, 0.5) is 0 Å². The summed E-state index contributed by atoms with van der Waals surface area (Å²) in [4.78, 5) is 1.43. The van der Waals surface area contributed by atoms with E-state index in [-0.39, 0.29) is 6.01 Å². The van der Waals surface area contributed by atoms with E-state index >= 15 is 0 Å². The fraction of sp³-hybridized carbons (Fsp3) is 0.552. The zero-order chi connectivity index (χ0) is 24.0. The molecule has 0 fully saturated rings. The number of nitrogens with zero attached hydrogens (tertiary/aromatic N) is 4. The van der Waals surface area contributed by atoms with Crippen LogP contribution in [-0.2, 0) is 12.8 Å². The van der Waals surface area contributed by atoms with Crippen LogP contribution in [0.15, 0.2) is 48.5 Å². The molecule has 0 N–H and O–H groups in total. The molecule has 0 saturated heterocycles. The molecule has 1 aromatic heterocycles. The zero-order valence-corrected chi connectivity index (χ0v) is 21.2. The Labute approximate surface area is 205 Å². The van der Waals surface area contributed by atoms with Gasteiger partial charge in [-0.2, -0.15) is 0 Å². The van der Waals surface area contributed by atoms with Gasteiger partial charge >= 0.3 is 0 Å². The molecule has 5 nitrogen and oxygen atoms in total. The number of aryl methyl sites for hydroxylation is 2. The number of tetrazole rings is 1. The summed E-state index contributed by atoms with van der Waals surface area (Å²) in [5.74, 6) is 0. The van der Waals surface area contributed by atoms with Crippen molar-refractivity contribution in [1.29, 1.82) is 0 Å². The number of rotatable bonds is 16. The second-order valence-electron chi connectivity index (χ2n) is 9.44. The van der Waals surface area contributed by atoms with Crippen LogP contribution < -0.4 is 9.79 Å². The van der Waals surface area contributed by atoms with Crippen LogP contribution >= 0.6 is 0 Å². The van der Waals surface area contributed by atoms with E-state index in [2.05, 4.69) is 48.4 Å². The summed E-state index contributed by atoms with van der Waals surface area (Å²) in [7, 11) is 0. The van der Waals surface area contributed by atoms with Crippen molar-refractivity contribution < 1.29 is 9.79 Å². The van der Waals surface area contributed by atoms with Crippen LogP contribution in [0.2, 0.25) is 0 Å². The molecular weight excluding hydrogens is 420 g/mol. The van der Waals surface area contributed by atoms with Gasteiger partial charge < -0.3 is 5.11 Å². The lowest BCUT2D eigenvalue weighted by Crippen LogP contribution is -2.36. The standard InChI is InChI=1S/C29H42N4O/c1-3-5-7-9-11-13-15-25-17-21-27(22-18-25)32-29(34)30-33(31-32)28-23-19-26(20-24-28)16-14-12-10-8-6-4-2/h17-24H,3-16H2,1-2H3. The van der Waals surface area contributed by atoms with Gasteiger partial charge in [0.05, 0.1) is 10.3 Å². The van der Waals surface area contributed by atoms with E-state index in [1.165, 1.54) is 97.7 Å². The molecule has 0 aliphatic carbocycles. The van der Waals surface area contributed by atoms with Crippen molar-refractivity contribution in [2.24, 2.45) is 0 Å². The Bertz CT molecular complexity index is 947. The smallest absolute Gasteiger partial charge is 0.272 e. The van der Waals surface area contributed by atoms with E-state index in [1.54, 1.807) is 0 Å². The highest BCUT2D eigenvalue weighted by Crippen LogP contribution is 2.14. The number of hydrogen-bond acceptors (Lipinski definition) is 3. The molecule has 0 spiro atoms. The predicted octanol–water partition coefficient (Wildman–Crippen LogP) is 6.42. The minimum absolute atomic E-state index is 0.361. The van der Waals surface area contributed by atoms with Crippen LogP contribution in [0.5, 0.6) is 6.01 Å². The minimum Gasteiger partial charge on any atom is -0.816 e. The van der Waals surface area contributed by atoms with Gasteiger partial charge in [0.15, 0.2) is 5.69 Å². The first-order chi connectivity index (χ1) is 16.7. The van der Waals surface area contributed by atoms with Crippen molar-refractivity contribution in [3.8, 4) is 17.4 Å². The summed E-state index contributed by atoms with van der Waals surface area (Å²) in [6.45, 7) is 4.50. The van der Waals surface area contributed by atoms with Crippen molar-refractivity contribution in [2.45, 2.75) is 104 Å². The fourth-order valence-electron chi connectivity index (χ4n) is 4.36. The quantitative estimate of drug-likeness (QED) is 0.182. The van der Waals surface area contributed by atoms with Gasteiger partial charge in [-0.15, -0.1) is 4.68 Å². The maximum absolute atomic E-state index is 12.5. The Morgan fingerprint density at radius 3 is 1.65 bits per heavy atom. The fourth-order valence-corrected chi connectivity index (χ4v) is 4.36. The Hall–Kier alpha value is -2.69. The van der Waals surface area contributed by atoms with E-state index < -0.39 is 0 Å². The van der Waals surface area contributed by atoms with E-state index in [1.807, 2.05) is 24.3 Å². The summed E-state index contributed by atoms with van der Waals surface area (Å²) in [6.07, 6.45) is 17.8. The van der Waals surface area contributed by atoms with Crippen molar-refractivity contribution >= 4 is 0 Å². The highest BCUT2D eigenvalue weighted by molar-refractivity contribution is 5.33. The van der Waals surface area contributed by atoms with Gasteiger partial charge in [0.1, 0.15) is 5.69 Å². The molecule has 0 aliphatic heterocycles. The lowest BCUT2D eigenvalue weighted by Gasteiger charge is -2.04. The van der Waals surface area contributed by atoms with Gasteiger partial charge in [0, 0.05) is 4.80 Å². The van der Waals surface area contributed by atoms with Gasteiger partial charge in [-0.25, -0.2) is 0 Å². The molecule has 0 amide bonds. The highest BCUT2D eigenvalue weighted by Gasteiger charge is 2.15. The first-order valence-electron chi connectivity index (χ1n) is 13.5. The highest BCUT2D eigenvalue weighted by atomic mass is 16.3. The molecule has 3 rings (SSSR count). The predicted molar refractivity (Wildman–Crippen MR) is 136 cm³/mol. The molecule has 0 bridgehead atoms. The van der Waals surface area contributed by atoms with Gasteiger partial charge in [0.25, 0.3) is 6.01 Å². The lowest BCUT2D eigenvalue weighted by molar-refractivity contribution is -0.704. The van der Waals surface area contributed by atoms with Gasteiger partial charge in [-0.05, 0) is 61.1 Å². The molecule has 3 aromatic rings. The number of benzene rings is 2. The molecule has 5 heteroatoms. The van der Waals surface area contributed by atoms with Crippen LogP contribution in [0.1, 0.15) is 102 Å². The maximum Gasteiger partial charge on any atom is 0.272 e. The largest absolute Gasteiger partial charge is 0.816 e. The minimum atomic E-state index is -0.361. The van der Waals surface area contributed by atoms with Crippen LogP contribution in [0, 0.1) is 0 Å². The van der Waals surface area contributed by atoms with Gasteiger partial charge in [-0.1, -0.05) is 102 Å². The average molecular weight is 463 g/mol. The van der Waals surface area contributed by atoms with Crippen LogP contribution in [0.25, 0.3) is 11.4 Å². The van der Waals surface area contributed by atoms with Crippen molar-refractivity contribution in [3.05, 3.63) is 59.7 Å². The zero-order valence-electron chi connectivity index (χ0n) is 21.2. The van der Waals surface area contributed by atoms with Crippen LogP contribution in [0.3, 0.4) is 0 Å². The Kier molecular flexibility index (Phi) is 11.1. The third-order valence-electron chi connectivity index (χ3n) is 6.52. The first-order valence-corrected chi connectivity index (χ1v) is 13.5. The van der Waals surface area contributed by atoms with E-state index in [0.29, 0.717) is 0 Å². The third-order valence-corrected chi connectivity index (χ3v) is 6.52. The topological polar surface area (TPSA) is 57.6 Å². The normalized spacial score (nSPS) is 11.2. The Balaban J connectivity index is 1.51. The van der Waals surface area contributed by atoms with Gasteiger partial charge in [0.2, 0.25) is 0 Å². The molecule has 2 aromatic carbocycles. The second kappa shape index (κ2) is 14.5. The maximum atomic E-state index is 12.5. The molecular formula is C29H42N4O. The molecule has 0 atom stereocenters. The number of aromatic nitrogens is 4. The summed E-state index contributed by atoms with van der Waals surface area (Å²) in [5, 5.41) is 21.0. The van der Waals surface area contributed by atoms with Crippen molar-refractivity contribution in [1.82, 2.24) is 15.1 Å². The van der Waals surface area contributed by atoms with Crippen LogP contribution in [-0.4, -0.2) is 15.1 Å². The molecule has 0 radical (unpaired) electrons. The van der Waals surface area contributed by atoms with E-state index in [4.69, 9.17) is 0 Å². The lowest BCUT2D eigenvalue weighted by atomic mass is 10.0. The number of unbranched alkanes of at least 4 members (excludes halogenated alkanes) is 10. The summed E-state index contributed by atoms with van der Waals surface area (Å²) >= 11 is 0. The molecule has 0 saturated carbocycles. The van der Waals surface area contributed by atoms with Crippen molar-refractivity contribution in [3.63, 3.8) is 0 Å². The Morgan fingerprint density at radius 1 is 0.647 bits per heavy atom. The number of hydrogen-bond donors (Lipinski definition) is 0. The third kappa shape index (κ3) is 8.27. The summed E-state index contributed by atoms with van der Waals surface area (Å²) in [5.41, 5.74) is 4.19. The summed E-state index contributed by atoms with van der Waals surface area (Å²) < 4.78 is 1.37. The second-order valence-corrected chi connectivity index (χ2v) is 9.44. The summed E-state index contributed by atoms with van der Waals surface area (Å²) in [6, 6.07) is 16.0. The molecule has 184 valence electrons.